The van der Waals surface area contributed by atoms with Gasteiger partial charge in [0, 0.05) is 61.0 Å². The van der Waals surface area contributed by atoms with Gasteiger partial charge in [-0.2, -0.15) is 5.10 Å². The molecule has 2 unspecified atom stereocenters. The van der Waals surface area contributed by atoms with E-state index in [0.29, 0.717) is 23.1 Å². The SMILES string of the molecule is COc1cc(C(=O)N2CC3CCC2[C@@H]3N)cc2nc(-c3cc4ccc(-c5cnn6c5CCCC6)nc4n3CC3CC3)n(C)c12. The lowest BCUT2D eigenvalue weighted by Crippen LogP contribution is -2.41. The van der Waals surface area contributed by atoms with Crippen LogP contribution in [-0.2, 0) is 26.6 Å². The van der Waals surface area contributed by atoms with E-state index >= 15 is 0 Å². The second kappa shape index (κ2) is 9.66. The van der Waals surface area contributed by atoms with Crippen LogP contribution in [0.4, 0.5) is 0 Å². The van der Waals surface area contributed by atoms with E-state index in [0.717, 1.165) is 83.7 Å². The van der Waals surface area contributed by atoms with Gasteiger partial charge >= 0.3 is 0 Å². The monoisotopic (exact) mass is 590 g/mol. The number of hydrogen-bond donors (Lipinski definition) is 1. The van der Waals surface area contributed by atoms with E-state index in [2.05, 4.69) is 37.1 Å². The molecule has 6 heterocycles. The fourth-order valence-corrected chi connectivity index (χ4v) is 8.11. The van der Waals surface area contributed by atoms with Crippen molar-refractivity contribution in [2.45, 2.75) is 70.1 Å². The highest BCUT2D eigenvalue weighted by Gasteiger charge is 2.47. The zero-order valence-corrected chi connectivity index (χ0v) is 25.4. The molecule has 1 saturated heterocycles. The fraction of sp³-hybridized carbons (Fsp3) is 0.471. The highest BCUT2D eigenvalue weighted by atomic mass is 16.5. The molecule has 2 bridgehead atoms. The van der Waals surface area contributed by atoms with E-state index in [-0.39, 0.29) is 18.0 Å². The Morgan fingerprint density at radius 3 is 2.75 bits per heavy atom. The first-order valence-corrected chi connectivity index (χ1v) is 16.1. The number of piperidine rings is 1. The number of ether oxygens (including phenoxy) is 1. The number of aromatic nitrogens is 6. The number of nitrogens with two attached hydrogens (primary N) is 1. The number of benzene rings is 1. The summed E-state index contributed by atoms with van der Waals surface area (Å²) in [4.78, 5) is 26.1. The summed E-state index contributed by atoms with van der Waals surface area (Å²) in [6.45, 7) is 2.62. The molecule has 2 aliphatic carbocycles. The Hall–Kier alpha value is -4.18. The van der Waals surface area contributed by atoms with Crippen LogP contribution in [0.25, 0.3) is 44.8 Å². The van der Waals surface area contributed by atoms with Crippen molar-refractivity contribution in [1.29, 1.82) is 0 Å². The van der Waals surface area contributed by atoms with Gasteiger partial charge in [0.25, 0.3) is 5.91 Å². The van der Waals surface area contributed by atoms with Crippen molar-refractivity contribution in [1.82, 2.24) is 33.8 Å². The van der Waals surface area contributed by atoms with Crippen molar-refractivity contribution in [2.75, 3.05) is 13.7 Å². The first kappa shape index (κ1) is 26.2. The molecule has 3 fully saturated rings. The van der Waals surface area contributed by atoms with Crippen LogP contribution in [0.5, 0.6) is 5.75 Å². The number of carbonyl (C=O) groups excluding carboxylic acids is 1. The number of likely N-dealkylation sites (tertiary alicyclic amines) is 1. The number of fused-ring (bicyclic) bond motifs is 5. The van der Waals surface area contributed by atoms with Gasteiger partial charge in [-0.3, -0.25) is 9.48 Å². The lowest BCUT2D eigenvalue weighted by Gasteiger charge is -2.27. The molecule has 9 rings (SSSR count). The summed E-state index contributed by atoms with van der Waals surface area (Å²) in [5.41, 5.74) is 14.1. The second-order valence-corrected chi connectivity index (χ2v) is 13.4. The number of methoxy groups -OCH3 is 1. The number of pyridine rings is 1. The average Bonchev–Trinajstić information content (AvgIpc) is 3.30. The van der Waals surface area contributed by atoms with Gasteiger partial charge in [-0.05, 0) is 87.1 Å². The predicted molar refractivity (Wildman–Crippen MR) is 168 cm³/mol. The summed E-state index contributed by atoms with van der Waals surface area (Å²) < 4.78 is 12.5. The molecular formula is C34H38N8O2. The number of hydrogen-bond acceptors (Lipinski definition) is 6. The maximum absolute atomic E-state index is 13.7. The van der Waals surface area contributed by atoms with Crippen LogP contribution in [0.3, 0.4) is 0 Å². The van der Waals surface area contributed by atoms with Crippen molar-refractivity contribution >= 4 is 28.0 Å². The third-order valence-electron chi connectivity index (χ3n) is 10.7. The van der Waals surface area contributed by atoms with E-state index in [9.17, 15) is 4.79 Å². The van der Waals surface area contributed by atoms with Crippen LogP contribution < -0.4 is 10.5 Å². The van der Waals surface area contributed by atoms with Crippen LogP contribution in [0.1, 0.15) is 54.6 Å². The van der Waals surface area contributed by atoms with E-state index in [1.54, 1.807) is 7.11 Å². The van der Waals surface area contributed by atoms with Gasteiger partial charge in [-0.25, -0.2) is 9.97 Å². The summed E-state index contributed by atoms with van der Waals surface area (Å²) in [5, 5.41) is 5.77. The molecule has 0 radical (unpaired) electrons. The highest BCUT2D eigenvalue weighted by Crippen LogP contribution is 2.40. The summed E-state index contributed by atoms with van der Waals surface area (Å²) in [6.07, 6.45) is 9.97. The number of amides is 1. The Morgan fingerprint density at radius 2 is 1.98 bits per heavy atom. The quantitative estimate of drug-likeness (QED) is 0.305. The maximum atomic E-state index is 13.7. The molecule has 2 saturated carbocycles. The number of carbonyl (C=O) groups is 1. The van der Waals surface area contributed by atoms with Crippen molar-refractivity contribution < 1.29 is 9.53 Å². The Labute approximate surface area is 255 Å². The summed E-state index contributed by atoms with van der Waals surface area (Å²) in [7, 11) is 3.69. The standard InChI is InChI=1S/C34H38N8O2/c1-39-31-25(13-22(15-29(31)44-2)34(43)41-18-21-9-11-27(41)30(21)35)38-33(39)28-14-20-8-10-24(37-32(20)40(28)17-19-6-7-19)23-16-36-42-12-4-3-5-26(23)42/h8,10,13-16,19,21,27,30H,3-7,9,11-12,17-18,35H2,1-2H3/t21?,27?,30-/m1/s1. The molecular weight excluding hydrogens is 552 g/mol. The first-order chi connectivity index (χ1) is 21.5. The Kier molecular flexibility index (Phi) is 5.76. The molecule has 4 aromatic heterocycles. The fourth-order valence-electron chi connectivity index (χ4n) is 8.11. The molecule has 1 amide bonds. The molecule has 5 aromatic rings. The molecule has 10 nitrogen and oxygen atoms in total. The van der Waals surface area contributed by atoms with Gasteiger partial charge in [0.05, 0.1) is 30.2 Å². The number of imidazole rings is 1. The van der Waals surface area contributed by atoms with Crippen molar-refractivity contribution in [3.8, 4) is 28.5 Å². The normalized spacial score (nSPS) is 22.8. The van der Waals surface area contributed by atoms with Crippen molar-refractivity contribution in [3.05, 3.63) is 47.8 Å². The lowest BCUT2D eigenvalue weighted by molar-refractivity contribution is 0.0700. The van der Waals surface area contributed by atoms with Crippen molar-refractivity contribution in [3.63, 3.8) is 0 Å². The van der Waals surface area contributed by atoms with Gasteiger partial charge in [-0.15, -0.1) is 0 Å². The first-order valence-electron chi connectivity index (χ1n) is 16.1. The summed E-state index contributed by atoms with van der Waals surface area (Å²) in [6, 6.07) is 10.5. The minimum absolute atomic E-state index is 0.0157. The largest absolute Gasteiger partial charge is 0.494 e. The van der Waals surface area contributed by atoms with Gasteiger partial charge in [0.1, 0.15) is 16.9 Å². The van der Waals surface area contributed by atoms with Gasteiger partial charge in [0.2, 0.25) is 0 Å². The van der Waals surface area contributed by atoms with Gasteiger partial charge < -0.3 is 24.5 Å². The van der Waals surface area contributed by atoms with E-state index in [4.69, 9.17) is 20.4 Å². The van der Waals surface area contributed by atoms with Crippen LogP contribution in [-0.4, -0.2) is 65.4 Å². The van der Waals surface area contributed by atoms with Crippen LogP contribution >= 0.6 is 0 Å². The molecule has 10 heteroatoms. The Morgan fingerprint density at radius 1 is 1.09 bits per heavy atom. The Balaban J connectivity index is 1.15. The maximum Gasteiger partial charge on any atom is 0.254 e. The molecule has 2 aliphatic heterocycles. The molecule has 0 spiro atoms. The lowest BCUT2D eigenvalue weighted by atomic mass is 10.0. The smallest absolute Gasteiger partial charge is 0.254 e. The topological polar surface area (TPSA) is 109 Å². The minimum Gasteiger partial charge on any atom is -0.494 e. The molecule has 4 aliphatic rings. The van der Waals surface area contributed by atoms with E-state index in [1.165, 1.54) is 31.4 Å². The summed E-state index contributed by atoms with van der Waals surface area (Å²) in [5.74, 6) is 2.56. The zero-order chi connectivity index (χ0) is 29.7. The molecule has 2 N–H and O–H groups in total. The van der Waals surface area contributed by atoms with Crippen LogP contribution in [0.2, 0.25) is 0 Å². The van der Waals surface area contributed by atoms with Crippen molar-refractivity contribution in [2.24, 2.45) is 24.6 Å². The number of nitrogens with zero attached hydrogens (tertiary/aromatic N) is 7. The highest BCUT2D eigenvalue weighted by molar-refractivity contribution is 6.00. The molecule has 3 atom stereocenters. The van der Waals surface area contributed by atoms with E-state index in [1.807, 2.05) is 30.3 Å². The number of aryl methyl sites for hydroxylation is 2. The summed E-state index contributed by atoms with van der Waals surface area (Å²) >= 11 is 0. The zero-order valence-electron chi connectivity index (χ0n) is 25.4. The average molecular weight is 591 g/mol. The van der Waals surface area contributed by atoms with E-state index < -0.39 is 0 Å². The molecule has 1 aromatic carbocycles. The predicted octanol–water partition coefficient (Wildman–Crippen LogP) is 4.77. The minimum atomic E-state index is 0.0157. The Bertz CT molecular complexity index is 1960. The van der Waals surface area contributed by atoms with Crippen LogP contribution in [0, 0.1) is 11.8 Å². The van der Waals surface area contributed by atoms with Crippen LogP contribution in [0.15, 0.2) is 36.5 Å². The third kappa shape index (κ3) is 3.89. The third-order valence-corrected chi connectivity index (χ3v) is 10.7. The number of rotatable bonds is 6. The molecule has 44 heavy (non-hydrogen) atoms. The van der Waals surface area contributed by atoms with Gasteiger partial charge in [-0.1, -0.05) is 0 Å². The van der Waals surface area contributed by atoms with Gasteiger partial charge in [0.15, 0.2) is 5.82 Å². The second-order valence-electron chi connectivity index (χ2n) is 13.4. The molecule has 226 valence electrons.